The molecule has 0 aromatic heterocycles. The lowest BCUT2D eigenvalue weighted by atomic mass is 9.85. The monoisotopic (exact) mass is 295 g/mol. The van der Waals surface area contributed by atoms with E-state index in [2.05, 4.69) is 15.9 Å². The van der Waals surface area contributed by atoms with Gasteiger partial charge in [-0.1, -0.05) is 22.0 Å². The zero-order chi connectivity index (χ0) is 12.9. The van der Waals surface area contributed by atoms with Gasteiger partial charge in [0.2, 0.25) is 0 Å². The molecule has 0 bridgehead atoms. The third kappa shape index (κ3) is 3.86. The Hall–Kier alpha value is -1.34. The fourth-order valence-electron chi connectivity index (χ4n) is 1.24. The van der Waals surface area contributed by atoms with Crippen molar-refractivity contribution in [1.29, 1.82) is 5.26 Å². The summed E-state index contributed by atoms with van der Waals surface area (Å²) in [6, 6.07) is 9.49. The molecule has 1 atom stereocenters. The third-order valence-corrected chi connectivity index (χ3v) is 3.18. The number of carbonyl (C=O) groups is 1. The number of hydrogen-bond donors (Lipinski definition) is 0. The predicted octanol–water partition coefficient (Wildman–Crippen LogP) is 3.34. The Kier molecular flexibility index (Phi) is 4.71. The molecule has 0 fully saturated rings. The zero-order valence-electron chi connectivity index (χ0n) is 9.87. The molecule has 0 heterocycles. The van der Waals surface area contributed by atoms with E-state index in [4.69, 9.17) is 10.00 Å². The lowest BCUT2D eigenvalue weighted by Gasteiger charge is -2.17. The van der Waals surface area contributed by atoms with E-state index in [1.54, 1.807) is 6.92 Å². The van der Waals surface area contributed by atoms with E-state index in [0.717, 1.165) is 10.2 Å². The summed E-state index contributed by atoms with van der Waals surface area (Å²) in [4.78, 5) is 11.3. The van der Waals surface area contributed by atoms with Crippen molar-refractivity contribution >= 4 is 21.7 Å². The number of benzene rings is 1. The number of nitriles is 1. The second kappa shape index (κ2) is 5.83. The fraction of sp³-hybridized carbons (Fsp3) is 0.385. The number of hydrogen-bond acceptors (Lipinski definition) is 3. The SMILES string of the molecule is CC(=O)C(C)(C#N)CCOc1cccc(Br)c1. The molecule has 0 aliphatic rings. The van der Waals surface area contributed by atoms with Crippen molar-refractivity contribution in [2.45, 2.75) is 20.3 Å². The average Bonchev–Trinajstić information content (AvgIpc) is 2.28. The van der Waals surface area contributed by atoms with Gasteiger partial charge in [0.25, 0.3) is 0 Å². The summed E-state index contributed by atoms with van der Waals surface area (Å²) in [6.45, 7) is 3.42. The van der Waals surface area contributed by atoms with Gasteiger partial charge in [0.15, 0.2) is 0 Å². The first-order chi connectivity index (χ1) is 7.98. The van der Waals surface area contributed by atoms with Crippen LogP contribution in [-0.2, 0) is 4.79 Å². The number of ether oxygens (including phenoxy) is 1. The molecule has 1 aromatic rings. The second-order valence-electron chi connectivity index (χ2n) is 4.06. The highest BCUT2D eigenvalue weighted by molar-refractivity contribution is 9.10. The van der Waals surface area contributed by atoms with Crippen molar-refractivity contribution in [3.05, 3.63) is 28.7 Å². The standard InChI is InChI=1S/C13H14BrNO2/c1-10(16)13(2,9-15)6-7-17-12-5-3-4-11(14)8-12/h3-5,8H,6-7H2,1-2H3. The van der Waals surface area contributed by atoms with Crippen LogP contribution < -0.4 is 4.74 Å². The van der Waals surface area contributed by atoms with E-state index < -0.39 is 5.41 Å². The van der Waals surface area contributed by atoms with Crippen molar-refractivity contribution in [3.8, 4) is 11.8 Å². The lowest BCUT2D eigenvalue weighted by Crippen LogP contribution is -2.25. The van der Waals surface area contributed by atoms with Gasteiger partial charge >= 0.3 is 0 Å². The van der Waals surface area contributed by atoms with Gasteiger partial charge in [0.1, 0.15) is 16.9 Å². The molecule has 0 saturated carbocycles. The maximum atomic E-state index is 11.3. The van der Waals surface area contributed by atoms with Crippen LogP contribution in [0.15, 0.2) is 28.7 Å². The molecular weight excluding hydrogens is 282 g/mol. The Morgan fingerprint density at radius 1 is 1.59 bits per heavy atom. The van der Waals surface area contributed by atoms with Crippen molar-refractivity contribution in [2.24, 2.45) is 5.41 Å². The summed E-state index contributed by atoms with van der Waals surface area (Å²) in [6.07, 6.45) is 0.394. The molecular formula is C13H14BrNO2. The minimum atomic E-state index is -0.952. The Morgan fingerprint density at radius 3 is 2.82 bits per heavy atom. The largest absolute Gasteiger partial charge is 0.493 e. The molecule has 4 heteroatoms. The summed E-state index contributed by atoms with van der Waals surface area (Å²) >= 11 is 3.34. The first-order valence-corrected chi connectivity index (χ1v) is 6.08. The highest BCUT2D eigenvalue weighted by Crippen LogP contribution is 2.23. The maximum absolute atomic E-state index is 11.3. The minimum Gasteiger partial charge on any atom is -0.493 e. The van der Waals surface area contributed by atoms with Gasteiger partial charge in [-0.2, -0.15) is 5.26 Å². The molecule has 0 aliphatic heterocycles. The zero-order valence-corrected chi connectivity index (χ0v) is 11.5. The van der Waals surface area contributed by atoms with Crippen LogP contribution in [0.4, 0.5) is 0 Å². The van der Waals surface area contributed by atoms with Gasteiger partial charge in [-0.25, -0.2) is 0 Å². The van der Waals surface area contributed by atoms with Crippen molar-refractivity contribution in [2.75, 3.05) is 6.61 Å². The van der Waals surface area contributed by atoms with Crippen LogP contribution in [0.5, 0.6) is 5.75 Å². The number of Topliss-reactive ketones (excluding diaryl/α,β-unsaturated/α-hetero) is 1. The van der Waals surface area contributed by atoms with Crippen LogP contribution in [0.3, 0.4) is 0 Å². The quantitative estimate of drug-likeness (QED) is 0.837. The fourth-order valence-corrected chi connectivity index (χ4v) is 1.62. The predicted molar refractivity (Wildman–Crippen MR) is 68.7 cm³/mol. The van der Waals surface area contributed by atoms with E-state index in [-0.39, 0.29) is 5.78 Å². The smallest absolute Gasteiger partial charge is 0.149 e. The van der Waals surface area contributed by atoms with Gasteiger partial charge in [0.05, 0.1) is 12.7 Å². The van der Waals surface area contributed by atoms with E-state index in [0.29, 0.717) is 13.0 Å². The normalized spacial score (nSPS) is 13.5. The summed E-state index contributed by atoms with van der Waals surface area (Å²) in [5.41, 5.74) is -0.952. The Balaban J connectivity index is 2.54. The van der Waals surface area contributed by atoms with Crippen LogP contribution in [0.1, 0.15) is 20.3 Å². The van der Waals surface area contributed by atoms with Gasteiger partial charge in [0, 0.05) is 10.9 Å². The van der Waals surface area contributed by atoms with Crippen molar-refractivity contribution in [1.82, 2.24) is 0 Å². The molecule has 0 amide bonds. The van der Waals surface area contributed by atoms with Crippen LogP contribution in [-0.4, -0.2) is 12.4 Å². The van der Waals surface area contributed by atoms with Crippen molar-refractivity contribution < 1.29 is 9.53 Å². The third-order valence-electron chi connectivity index (χ3n) is 2.69. The van der Waals surface area contributed by atoms with Crippen LogP contribution >= 0.6 is 15.9 Å². The highest BCUT2D eigenvalue weighted by atomic mass is 79.9. The van der Waals surface area contributed by atoms with Crippen LogP contribution in [0.2, 0.25) is 0 Å². The second-order valence-corrected chi connectivity index (χ2v) is 4.97. The summed E-state index contributed by atoms with van der Waals surface area (Å²) in [5, 5.41) is 8.96. The maximum Gasteiger partial charge on any atom is 0.149 e. The molecule has 0 N–H and O–H groups in total. The molecule has 1 rings (SSSR count). The molecule has 1 unspecified atom stereocenters. The molecule has 0 spiro atoms. The molecule has 17 heavy (non-hydrogen) atoms. The molecule has 0 aliphatic carbocycles. The highest BCUT2D eigenvalue weighted by Gasteiger charge is 2.29. The summed E-state index contributed by atoms with van der Waals surface area (Å²) in [7, 11) is 0. The summed E-state index contributed by atoms with van der Waals surface area (Å²) in [5.74, 6) is 0.598. The van der Waals surface area contributed by atoms with Gasteiger partial charge in [-0.05, 0) is 32.0 Å². The Labute approximate surface area is 110 Å². The molecule has 0 saturated heterocycles. The van der Waals surface area contributed by atoms with E-state index >= 15 is 0 Å². The topological polar surface area (TPSA) is 50.1 Å². The minimum absolute atomic E-state index is 0.127. The summed E-state index contributed by atoms with van der Waals surface area (Å²) < 4.78 is 6.44. The Bertz CT molecular complexity index is 453. The van der Waals surface area contributed by atoms with E-state index in [1.165, 1.54) is 6.92 Å². The number of rotatable bonds is 5. The Morgan fingerprint density at radius 2 is 2.29 bits per heavy atom. The van der Waals surface area contributed by atoms with Gasteiger partial charge in [-0.3, -0.25) is 4.79 Å². The first-order valence-electron chi connectivity index (χ1n) is 5.28. The van der Waals surface area contributed by atoms with E-state index in [9.17, 15) is 4.79 Å². The van der Waals surface area contributed by atoms with E-state index in [1.807, 2.05) is 30.3 Å². The average molecular weight is 296 g/mol. The van der Waals surface area contributed by atoms with Gasteiger partial charge < -0.3 is 4.74 Å². The first kappa shape index (κ1) is 13.7. The lowest BCUT2D eigenvalue weighted by molar-refractivity contribution is -0.123. The van der Waals surface area contributed by atoms with Crippen molar-refractivity contribution in [3.63, 3.8) is 0 Å². The van der Waals surface area contributed by atoms with Crippen LogP contribution in [0.25, 0.3) is 0 Å². The number of halogens is 1. The molecule has 3 nitrogen and oxygen atoms in total. The molecule has 90 valence electrons. The number of carbonyl (C=O) groups excluding carboxylic acids is 1. The number of nitrogens with zero attached hydrogens (tertiary/aromatic N) is 1. The van der Waals surface area contributed by atoms with Crippen LogP contribution in [0, 0.1) is 16.7 Å². The van der Waals surface area contributed by atoms with Gasteiger partial charge in [-0.15, -0.1) is 0 Å². The number of ketones is 1. The molecule has 0 radical (unpaired) electrons. The molecule has 1 aromatic carbocycles.